The number of ether oxygens (including phenoxy) is 1. The van der Waals surface area contributed by atoms with Gasteiger partial charge < -0.3 is 9.84 Å². The van der Waals surface area contributed by atoms with E-state index in [2.05, 4.69) is 128 Å². The zero-order valence-corrected chi connectivity index (χ0v) is 23.2. The van der Waals surface area contributed by atoms with Crippen LogP contribution in [0.4, 0.5) is 0 Å². The molecule has 4 rings (SSSR count). The second-order valence-electron chi connectivity index (χ2n) is 9.61. The standard InChI is InChI=1S/C38H36O2/c1-2-3-29-40-30-27-34-19-17-33(18-20-34)22-24-36-26-25-35(37-11-7-8-12-38(36)37)23-21-32-15-13-31(14-16-32)10-6-4-5-9-28-39/h7-8,11-26,39H,2-5,9,28-29H2,1H3/b23-21+,24-22+. The molecule has 4 aromatic rings. The summed E-state index contributed by atoms with van der Waals surface area (Å²) in [7, 11) is 0. The smallest absolute Gasteiger partial charge is 0.115 e. The van der Waals surface area contributed by atoms with Crippen molar-refractivity contribution < 1.29 is 9.84 Å². The Morgan fingerprint density at radius 1 is 0.650 bits per heavy atom. The van der Waals surface area contributed by atoms with Crippen LogP contribution in [0.2, 0.25) is 0 Å². The third-order valence-corrected chi connectivity index (χ3v) is 6.53. The van der Waals surface area contributed by atoms with Gasteiger partial charge in [-0.25, -0.2) is 0 Å². The lowest BCUT2D eigenvalue weighted by atomic mass is 9.98. The van der Waals surface area contributed by atoms with E-state index in [1.165, 1.54) is 21.9 Å². The van der Waals surface area contributed by atoms with Gasteiger partial charge >= 0.3 is 0 Å². The highest BCUT2D eigenvalue weighted by Crippen LogP contribution is 2.26. The van der Waals surface area contributed by atoms with E-state index in [-0.39, 0.29) is 6.61 Å². The minimum absolute atomic E-state index is 0.234. The number of aliphatic hydroxyl groups excluding tert-OH is 1. The summed E-state index contributed by atoms with van der Waals surface area (Å²) in [4.78, 5) is 0. The second-order valence-corrected chi connectivity index (χ2v) is 9.61. The number of rotatable bonds is 10. The molecule has 0 unspecified atom stereocenters. The Balaban J connectivity index is 1.44. The molecule has 200 valence electrons. The number of unbranched alkanes of at least 4 members (excludes halogenated alkanes) is 3. The van der Waals surface area contributed by atoms with E-state index in [0.717, 1.165) is 54.4 Å². The number of hydrogen-bond acceptors (Lipinski definition) is 2. The van der Waals surface area contributed by atoms with Crippen LogP contribution in [0.5, 0.6) is 0 Å². The van der Waals surface area contributed by atoms with Crippen LogP contribution < -0.4 is 0 Å². The zero-order valence-electron chi connectivity index (χ0n) is 23.2. The molecule has 0 aliphatic heterocycles. The second kappa shape index (κ2) is 15.8. The summed E-state index contributed by atoms with van der Waals surface area (Å²) >= 11 is 0. The van der Waals surface area contributed by atoms with Gasteiger partial charge in [-0.1, -0.05) is 110 Å². The predicted molar refractivity (Wildman–Crippen MR) is 170 cm³/mol. The molecule has 2 heteroatoms. The van der Waals surface area contributed by atoms with Crippen LogP contribution in [0.1, 0.15) is 72.4 Å². The van der Waals surface area contributed by atoms with Crippen molar-refractivity contribution in [1.29, 1.82) is 0 Å². The summed E-state index contributed by atoms with van der Waals surface area (Å²) in [6.45, 7) is 3.06. The molecule has 0 atom stereocenters. The Labute approximate surface area is 239 Å². The van der Waals surface area contributed by atoms with Crippen LogP contribution in [-0.2, 0) is 4.74 Å². The molecule has 0 spiro atoms. The van der Waals surface area contributed by atoms with Crippen molar-refractivity contribution in [2.24, 2.45) is 0 Å². The molecule has 0 aliphatic rings. The topological polar surface area (TPSA) is 29.5 Å². The van der Waals surface area contributed by atoms with Crippen molar-refractivity contribution in [3.8, 4) is 23.9 Å². The molecule has 0 saturated carbocycles. The Morgan fingerprint density at radius 3 is 1.77 bits per heavy atom. The van der Waals surface area contributed by atoms with E-state index in [4.69, 9.17) is 9.84 Å². The Kier molecular flexibility index (Phi) is 11.3. The lowest BCUT2D eigenvalue weighted by Crippen LogP contribution is -1.86. The van der Waals surface area contributed by atoms with Gasteiger partial charge in [0.1, 0.15) is 12.7 Å². The summed E-state index contributed by atoms with van der Waals surface area (Å²) in [6, 6.07) is 29.4. The number of benzene rings is 4. The zero-order chi connectivity index (χ0) is 27.8. The number of hydrogen-bond donors (Lipinski definition) is 1. The normalized spacial score (nSPS) is 10.8. The highest BCUT2D eigenvalue weighted by molar-refractivity contribution is 5.99. The lowest BCUT2D eigenvalue weighted by Gasteiger charge is -2.07. The highest BCUT2D eigenvalue weighted by atomic mass is 16.5. The summed E-state index contributed by atoms with van der Waals surface area (Å²) in [6.07, 6.45) is 16.1. The monoisotopic (exact) mass is 524 g/mol. The molecule has 0 radical (unpaired) electrons. The summed E-state index contributed by atoms with van der Waals surface area (Å²) in [5, 5.41) is 11.3. The van der Waals surface area contributed by atoms with Gasteiger partial charge in [0.2, 0.25) is 0 Å². The third-order valence-electron chi connectivity index (χ3n) is 6.53. The molecule has 0 saturated heterocycles. The van der Waals surface area contributed by atoms with E-state index in [1.807, 2.05) is 12.1 Å². The lowest BCUT2D eigenvalue weighted by molar-refractivity contribution is 0.271. The fourth-order valence-corrected chi connectivity index (χ4v) is 4.22. The van der Waals surface area contributed by atoms with Crippen LogP contribution in [0, 0.1) is 23.9 Å². The van der Waals surface area contributed by atoms with Gasteiger partial charge in [-0.3, -0.25) is 0 Å². The van der Waals surface area contributed by atoms with Crippen molar-refractivity contribution in [2.75, 3.05) is 13.2 Å². The molecule has 4 aromatic carbocycles. The van der Waals surface area contributed by atoms with Crippen molar-refractivity contribution in [2.45, 2.75) is 39.0 Å². The maximum atomic E-state index is 8.87. The Hall–Kier alpha value is -4.50. The molecule has 40 heavy (non-hydrogen) atoms. The number of aliphatic hydroxyl groups is 1. The Morgan fingerprint density at radius 2 is 1.23 bits per heavy atom. The predicted octanol–water partition coefficient (Wildman–Crippen LogP) is 8.82. The van der Waals surface area contributed by atoms with Gasteiger partial charge in [-0.15, -0.1) is 0 Å². The molecule has 1 N–H and O–H groups in total. The summed E-state index contributed by atoms with van der Waals surface area (Å²) < 4.78 is 5.34. The third kappa shape index (κ3) is 8.78. The first-order valence-electron chi connectivity index (χ1n) is 14.1. The summed E-state index contributed by atoms with van der Waals surface area (Å²) in [5.74, 6) is 9.44. The van der Waals surface area contributed by atoms with Crippen molar-refractivity contribution in [1.82, 2.24) is 0 Å². The van der Waals surface area contributed by atoms with E-state index >= 15 is 0 Å². The van der Waals surface area contributed by atoms with E-state index in [0.29, 0.717) is 6.61 Å². The quantitative estimate of drug-likeness (QED) is 0.128. The van der Waals surface area contributed by atoms with E-state index in [9.17, 15) is 0 Å². The molecule has 0 amide bonds. The first-order valence-corrected chi connectivity index (χ1v) is 14.1. The largest absolute Gasteiger partial charge is 0.446 e. The van der Waals surface area contributed by atoms with Gasteiger partial charge in [0.05, 0.1) is 0 Å². The fourth-order valence-electron chi connectivity index (χ4n) is 4.22. The average Bonchev–Trinajstić information content (AvgIpc) is 3.00. The Bertz CT molecular complexity index is 1430. The molecule has 2 nitrogen and oxygen atoms in total. The van der Waals surface area contributed by atoms with Crippen molar-refractivity contribution in [3.63, 3.8) is 0 Å². The van der Waals surface area contributed by atoms with E-state index < -0.39 is 0 Å². The molecule has 0 aromatic heterocycles. The van der Waals surface area contributed by atoms with E-state index in [1.54, 1.807) is 0 Å². The molecular weight excluding hydrogens is 488 g/mol. The first kappa shape index (κ1) is 28.5. The minimum Gasteiger partial charge on any atom is -0.446 e. The first-order chi connectivity index (χ1) is 19.8. The maximum Gasteiger partial charge on any atom is 0.115 e. The maximum absolute atomic E-state index is 8.87. The average molecular weight is 525 g/mol. The van der Waals surface area contributed by atoms with Gasteiger partial charge in [-0.2, -0.15) is 0 Å². The highest BCUT2D eigenvalue weighted by Gasteiger charge is 2.02. The van der Waals surface area contributed by atoms with Gasteiger partial charge in [0, 0.05) is 24.2 Å². The molecule has 0 heterocycles. The van der Waals surface area contributed by atoms with Crippen LogP contribution in [-0.4, -0.2) is 18.3 Å². The van der Waals surface area contributed by atoms with Crippen LogP contribution in [0.3, 0.4) is 0 Å². The van der Waals surface area contributed by atoms with Gasteiger partial charge in [0.25, 0.3) is 0 Å². The van der Waals surface area contributed by atoms with Gasteiger partial charge in [0.15, 0.2) is 0 Å². The van der Waals surface area contributed by atoms with Crippen LogP contribution in [0.25, 0.3) is 35.1 Å². The molecular formula is C38H36O2. The SMILES string of the molecule is CCCCOC#Cc1ccc(/C=C/c2ccc(/C=C/c3ccc(C#CCCCCO)cc3)c3ccccc23)cc1. The summed E-state index contributed by atoms with van der Waals surface area (Å²) in [5.41, 5.74) is 6.60. The van der Waals surface area contributed by atoms with Crippen LogP contribution >= 0.6 is 0 Å². The van der Waals surface area contributed by atoms with Crippen molar-refractivity contribution in [3.05, 3.63) is 118 Å². The molecule has 0 fully saturated rings. The van der Waals surface area contributed by atoms with Gasteiger partial charge in [-0.05, 0) is 82.5 Å². The number of fused-ring (bicyclic) bond motifs is 1. The van der Waals surface area contributed by atoms with Crippen LogP contribution in [0.15, 0.2) is 84.9 Å². The van der Waals surface area contributed by atoms with Crippen molar-refractivity contribution >= 4 is 35.1 Å². The molecule has 0 aliphatic carbocycles. The molecule has 0 bridgehead atoms. The fraction of sp³-hybridized carbons (Fsp3) is 0.211. The minimum atomic E-state index is 0.234.